The number of nitrogens with one attached hydrogen (secondary N) is 2. The first kappa shape index (κ1) is 23.4. The van der Waals surface area contributed by atoms with Crippen molar-refractivity contribution in [3.63, 3.8) is 0 Å². The van der Waals surface area contributed by atoms with Gasteiger partial charge in [-0.05, 0) is 58.8 Å². The highest BCUT2D eigenvalue weighted by atomic mass is 35.5. The molecule has 2 amide bonds. The lowest BCUT2D eigenvalue weighted by Crippen LogP contribution is -2.45. The maximum absolute atomic E-state index is 13.2. The smallest absolute Gasteiger partial charge is 0.254 e. The average molecular weight is 492 g/mol. The maximum Gasteiger partial charge on any atom is 0.254 e. The first-order valence-electron chi connectivity index (χ1n) is 10.1. The summed E-state index contributed by atoms with van der Waals surface area (Å²) in [5.74, 6) is -0.410. The number of H-pyrrole nitrogens is 1. The highest BCUT2D eigenvalue weighted by molar-refractivity contribution is 7.17. The van der Waals surface area contributed by atoms with Gasteiger partial charge in [0.2, 0.25) is 5.91 Å². The van der Waals surface area contributed by atoms with Crippen LogP contribution in [0.2, 0.25) is 5.02 Å². The van der Waals surface area contributed by atoms with Gasteiger partial charge in [0.15, 0.2) is 0 Å². The van der Waals surface area contributed by atoms with E-state index in [1.165, 1.54) is 0 Å². The van der Waals surface area contributed by atoms with Gasteiger partial charge in [0.25, 0.3) is 5.91 Å². The number of para-hydroxylation sites is 1. The van der Waals surface area contributed by atoms with E-state index >= 15 is 0 Å². The molecule has 0 fully saturated rings. The van der Waals surface area contributed by atoms with Crippen LogP contribution >= 0.6 is 22.9 Å². The normalized spacial score (nSPS) is 11.8. The molecule has 1 atom stereocenters. The Balaban J connectivity index is 0.00000274. The number of benzene rings is 2. The highest BCUT2D eigenvalue weighted by Gasteiger charge is 2.23. The van der Waals surface area contributed by atoms with E-state index in [0.717, 1.165) is 21.2 Å². The number of carbonyl (C=O) groups excluding carboxylic acids is 2. The van der Waals surface area contributed by atoms with Gasteiger partial charge in [-0.2, -0.15) is 0 Å². The number of rotatable bonds is 6. The van der Waals surface area contributed by atoms with E-state index < -0.39 is 17.9 Å². The van der Waals surface area contributed by atoms with Crippen LogP contribution in [-0.4, -0.2) is 32.8 Å². The van der Waals surface area contributed by atoms with Crippen LogP contribution in [0, 0.1) is 0 Å². The molecule has 0 aliphatic heterocycles. The third-order valence-corrected chi connectivity index (χ3v) is 6.65. The van der Waals surface area contributed by atoms with E-state index in [-0.39, 0.29) is 13.8 Å². The first-order chi connectivity index (χ1) is 16.0. The van der Waals surface area contributed by atoms with Crippen molar-refractivity contribution < 1.29 is 9.59 Å². The largest absolute Gasteiger partial charge is 0.368 e. The molecule has 0 spiro atoms. The SMILES string of the molecule is C.NC(=O)C(Cc1csc2ccc(Cl)cc12)NC(=O)c1cccc2[nH]c(-c3ccncc3)nc12. The zero-order valence-corrected chi connectivity index (χ0v) is 18.8. The summed E-state index contributed by atoms with van der Waals surface area (Å²) < 4.78 is 1.05. The van der Waals surface area contributed by atoms with Crippen molar-refractivity contribution in [2.45, 2.75) is 19.9 Å². The minimum atomic E-state index is -0.886. The lowest BCUT2D eigenvalue weighted by Gasteiger charge is -2.15. The van der Waals surface area contributed by atoms with Crippen LogP contribution in [0.15, 0.2) is 66.3 Å². The standard InChI is InChI=1S/C24H18ClN5O2S.CH4/c25-15-4-5-20-17(11-15)14(12-33-20)10-19(22(26)31)29-24(32)16-2-1-3-18-21(16)30-23(28-18)13-6-8-27-9-7-13;/h1-9,11-12,19H,10H2,(H2,26,31)(H,28,30)(H,29,32);1H4. The number of nitrogens with zero attached hydrogens (tertiary/aromatic N) is 2. The molecule has 0 bridgehead atoms. The Bertz CT molecular complexity index is 1500. The molecule has 5 aromatic rings. The summed E-state index contributed by atoms with van der Waals surface area (Å²) in [6.07, 6.45) is 3.62. The molecule has 3 heterocycles. The predicted molar refractivity (Wildman–Crippen MR) is 137 cm³/mol. The van der Waals surface area contributed by atoms with Gasteiger partial charge in [-0.25, -0.2) is 4.98 Å². The third-order valence-electron chi connectivity index (χ3n) is 5.40. The number of aromatic nitrogens is 3. The summed E-state index contributed by atoms with van der Waals surface area (Å²) in [6, 6.07) is 13.7. The molecule has 5 rings (SSSR count). The number of aromatic amines is 1. The van der Waals surface area contributed by atoms with E-state index in [9.17, 15) is 9.59 Å². The molecule has 4 N–H and O–H groups in total. The molecule has 0 aliphatic carbocycles. The molecule has 9 heteroatoms. The Morgan fingerprint density at radius 3 is 2.71 bits per heavy atom. The summed E-state index contributed by atoms with van der Waals surface area (Å²) in [5.41, 5.74) is 8.98. The number of nitrogens with two attached hydrogens (primary N) is 1. The zero-order valence-electron chi connectivity index (χ0n) is 17.2. The zero-order chi connectivity index (χ0) is 22.9. The van der Waals surface area contributed by atoms with Gasteiger partial charge in [-0.3, -0.25) is 14.6 Å². The van der Waals surface area contributed by atoms with Crippen LogP contribution in [0.3, 0.4) is 0 Å². The third kappa shape index (κ3) is 4.50. The van der Waals surface area contributed by atoms with Crippen LogP contribution in [0.5, 0.6) is 0 Å². The van der Waals surface area contributed by atoms with Crippen molar-refractivity contribution in [3.05, 3.63) is 82.5 Å². The lowest BCUT2D eigenvalue weighted by atomic mass is 10.0. The molecule has 0 saturated carbocycles. The van der Waals surface area contributed by atoms with E-state index in [4.69, 9.17) is 17.3 Å². The van der Waals surface area contributed by atoms with Crippen LogP contribution in [0.1, 0.15) is 23.3 Å². The lowest BCUT2D eigenvalue weighted by molar-refractivity contribution is -0.119. The molecule has 34 heavy (non-hydrogen) atoms. The Labute approximate surface area is 205 Å². The predicted octanol–water partition coefficient (Wildman–Crippen LogP) is 4.96. The molecule has 2 aromatic carbocycles. The minimum Gasteiger partial charge on any atom is -0.368 e. The van der Waals surface area contributed by atoms with Gasteiger partial charge >= 0.3 is 0 Å². The van der Waals surface area contributed by atoms with Crippen molar-refractivity contribution in [1.82, 2.24) is 20.3 Å². The Morgan fingerprint density at radius 2 is 1.94 bits per heavy atom. The first-order valence-corrected chi connectivity index (χ1v) is 11.4. The second kappa shape index (κ2) is 9.62. The van der Waals surface area contributed by atoms with Crippen molar-refractivity contribution in [1.29, 1.82) is 0 Å². The van der Waals surface area contributed by atoms with Gasteiger partial charge < -0.3 is 16.0 Å². The number of imidazole rings is 1. The number of amides is 2. The maximum atomic E-state index is 13.2. The van der Waals surface area contributed by atoms with Gasteiger partial charge in [-0.1, -0.05) is 25.1 Å². The fraction of sp³-hybridized carbons (Fsp3) is 0.120. The number of pyridine rings is 1. The topological polar surface area (TPSA) is 114 Å². The molecule has 3 aromatic heterocycles. The molecule has 0 saturated heterocycles. The summed E-state index contributed by atoms with van der Waals surface area (Å²) >= 11 is 7.69. The van der Waals surface area contributed by atoms with Gasteiger partial charge in [0.05, 0.1) is 11.1 Å². The summed E-state index contributed by atoms with van der Waals surface area (Å²) in [4.78, 5) is 37.2. The van der Waals surface area contributed by atoms with Crippen molar-refractivity contribution in [2.75, 3.05) is 0 Å². The Morgan fingerprint density at radius 1 is 1.15 bits per heavy atom. The van der Waals surface area contributed by atoms with Crippen LogP contribution in [0.4, 0.5) is 0 Å². The molecule has 172 valence electrons. The number of thiophene rings is 1. The molecule has 1 unspecified atom stereocenters. The van der Waals surface area contributed by atoms with Crippen LogP contribution < -0.4 is 11.1 Å². The Kier molecular flexibility index (Phi) is 6.63. The summed E-state index contributed by atoms with van der Waals surface area (Å²) in [7, 11) is 0. The highest BCUT2D eigenvalue weighted by Crippen LogP contribution is 2.29. The van der Waals surface area contributed by atoms with Crippen molar-refractivity contribution >= 4 is 55.9 Å². The molecule has 0 radical (unpaired) electrons. The second-order valence-corrected chi connectivity index (χ2v) is 8.90. The number of hydrogen-bond donors (Lipinski definition) is 3. The number of hydrogen-bond acceptors (Lipinski definition) is 5. The van der Waals surface area contributed by atoms with Gasteiger partial charge in [-0.15, -0.1) is 11.3 Å². The monoisotopic (exact) mass is 491 g/mol. The van der Waals surface area contributed by atoms with E-state index in [2.05, 4.69) is 20.3 Å². The fourth-order valence-corrected chi connectivity index (χ4v) is 4.88. The van der Waals surface area contributed by atoms with Gasteiger partial charge in [0, 0.05) is 34.1 Å². The number of carbonyl (C=O) groups is 2. The molecule has 7 nitrogen and oxygen atoms in total. The van der Waals surface area contributed by atoms with E-state index in [1.807, 2.05) is 41.8 Å². The molecule has 0 aliphatic rings. The second-order valence-electron chi connectivity index (χ2n) is 7.56. The Hall–Kier alpha value is -3.75. The fourth-order valence-electron chi connectivity index (χ4n) is 3.75. The van der Waals surface area contributed by atoms with Crippen LogP contribution in [0.25, 0.3) is 32.5 Å². The average Bonchev–Trinajstić information content (AvgIpc) is 3.43. The van der Waals surface area contributed by atoms with E-state index in [1.54, 1.807) is 35.9 Å². The quantitative estimate of drug-likeness (QED) is 0.311. The number of fused-ring (bicyclic) bond motifs is 2. The molecular weight excluding hydrogens is 470 g/mol. The number of halogens is 1. The minimum absolute atomic E-state index is 0. The summed E-state index contributed by atoms with van der Waals surface area (Å²) in [6.45, 7) is 0. The number of primary amides is 1. The van der Waals surface area contributed by atoms with Crippen LogP contribution in [-0.2, 0) is 11.2 Å². The van der Waals surface area contributed by atoms with Gasteiger partial charge in [0.1, 0.15) is 17.4 Å². The van der Waals surface area contributed by atoms with Crippen molar-refractivity contribution in [2.24, 2.45) is 5.73 Å². The van der Waals surface area contributed by atoms with E-state index in [0.29, 0.717) is 27.4 Å². The van der Waals surface area contributed by atoms with Crippen molar-refractivity contribution in [3.8, 4) is 11.4 Å². The molecular formula is C25H22ClN5O2S. The summed E-state index contributed by atoms with van der Waals surface area (Å²) in [5, 5.41) is 6.30.